The molecule has 1 aromatic rings. The lowest BCUT2D eigenvalue weighted by Crippen LogP contribution is -2.57. The van der Waals surface area contributed by atoms with Crippen molar-refractivity contribution in [3.8, 4) is 5.75 Å². The van der Waals surface area contributed by atoms with Crippen molar-refractivity contribution in [1.82, 2.24) is 15.5 Å². The molecule has 7 heteroatoms. The van der Waals surface area contributed by atoms with Gasteiger partial charge in [0.25, 0.3) is 0 Å². The maximum absolute atomic E-state index is 12.4. The average Bonchev–Trinajstić information content (AvgIpc) is 2.76. The van der Waals surface area contributed by atoms with Crippen molar-refractivity contribution in [1.29, 1.82) is 0 Å². The Balaban J connectivity index is 0.00000385. The van der Waals surface area contributed by atoms with Gasteiger partial charge in [-0.15, -0.1) is 12.4 Å². The fourth-order valence-electron chi connectivity index (χ4n) is 5.74. The van der Waals surface area contributed by atoms with E-state index >= 15 is 0 Å². The highest BCUT2D eigenvalue weighted by Gasteiger charge is 2.43. The molecular formula is C26H42ClN3O3. The number of phenols is 1. The Bertz CT molecular complexity index is 810. The molecule has 2 unspecified atom stereocenters. The molecule has 2 fully saturated rings. The van der Waals surface area contributed by atoms with Crippen LogP contribution in [0.4, 0.5) is 0 Å². The number of carbonyl (C=O) groups is 2. The van der Waals surface area contributed by atoms with Gasteiger partial charge >= 0.3 is 0 Å². The van der Waals surface area contributed by atoms with E-state index in [2.05, 4.69) is 35.4 Å². The Kier molecular flexibility index (Phi) is 9.62. The van der Waals surface area contributed by atoms with Gasteiger partial charge in [0.1, 0.15) is 5.75 Å². The summed E-state index contributed by atoms with van der Waals surface area (Å²) in [5.41, 5.74) is 0.859. The molecule has 1 aliphatic carbocycles. The number of carbonyl (C=O) groups excluding carboxylic acids is 2. The topological polar surface area (TPSA) is 81.7 Å². The van der Waals surface area contributed by atoms with E-state index in [4.69, 9.17) is 0 Å². The van der Waals surface area contributed by atoms with Gasteiger partial charge in [-0.05, 0) is 74.1 Å². The molecule has 2 atom stereocenters. The Morgan fingerprint density at radius 1 is 1.18 bits per heavy atom. The third kappa shape index (κ3) is 6.42. The van der Waals surface area contributed by atoms with E-state index in [9.17, 15) is 14.7 Å². The number of hydrogen-bond acceptors (Lipinski definition) is 4. The first-order valence-electron chi connectivity index (χ1n) is 12.3. The largest absolute Gasteiger partial charge is 0.508 e. The monoisotopic (exact) mass is 479 g/mol. The molecule has 1 aromatic carbocycles. The number of nitrogens with one attached hydrogen (secondary N) is 2. The maximum Gasteiger partial charge on any atom is 0.222 e. The predicted octanol–water partition coefficient (Wildman–Crippen LogP) is 4.15. The van der Waals surface area contributed by atoms with Crippen LogP contribution in [0.3, 0.4) is 0 Å². The molecule has 3 rings (SSSR count). The van der Waals surface area contributed by atoms with Crippen molar-refractivity contribution >= 4 is 24.2 Å². The SMILES string of the molecule is CCCC(=O)NC1(CC(=O)NC)CCC(N2CCC(C)(c3cccc(O)c3)C(C)C2)CC1.Cl. The van der Waals surface area contributed by atoms with Crippen molar-refractivity contribution < 1.29 is 14.7 Å². The summed E-state index contributed by atoms with van der Waals surface area (Å²) in [5.74, 6) is 0.861. The molecule has 1 heterocycles. The van der Waals surface area contributed by atoms with Gasteiger partial charge in [0.2, 0.25) is 11.8 Å². The van der Waals surface area contributed by atoms with E-state index < -0.39 is 5.54 Å². The number of piperidine rings is 1. The highest BCUT2D eigenvalue weighted by atomic mass is 35.5. The standard InChI is InChI=1S/C26H41N3O3.ClH/c1-5-7-23(31)28-26(17-24(32)27-4)12-10-21(11-13-26)29-15-14-25(3,19(2)18-29)20-8-6-9-22(30)16-20;/h6,8-9,16,19,21,30H,5,7,10-15,17-18H2,1-4H3,(H,27,32)(H,28,31);1H. The molecule has 6 nitrogen and oxygen atoms in total. The Hall–Kier alpha value is -1.79. The Morgan fingerprint density at radius 2 is 1.88 bits per heavy atom. The number of rotatable bonds is 7. The van der Waals surface area contributed by atoms with Gasteiger partial charge in [0.15, 0.2) is 0 Å². The minimum absolute atomic E-state index is 0. The smallest absolute Gasteiger partial charge is 0.222 e. The second-order valence-corrected chi connectivity index (χ2v) is 10.3. The summed E-state index contributed by atoms with van der Waals surface area (Å²) in [6, 6.07) is 8.22. The van der Waals surface area contributed by atoms with Crippen LogP contribution < -0.4 is 10.6 Å². The quantitative estimate of drug-likeness (QED) is 0.548. The van der Waals surface area contributed by atoms with Gasteiger partial charge in [0, 0.05) is 38.0 Å². The number of hydrogen-bond donors (Lipinski definition) is 3. The van der Waals surface area contributed by atoms with Gasteiger partial charge in [-0.3, -0.25) is 9.59 Å². The van der Waals surface area contributed by atoms with E-state index in [0.29, 0.717) is 30.6 Å². The summed E-state index contributed by atoms with van der Waals surface area (Å²) >= 11 is 0. The number of aromatic hydroxyl groups is 1. The van der Waals surface area contributed by atoms with Crippen molar-refractivity contribution in [2.24, 2.45) is 5.92 Å². The van der Waals surface area contributed by atoms with Crippen LogP contribution in [0.25, 0.3) is 0 Å². The highest BCUT2D eigenvalue weighted by molar-refractivity contribution is 5.85. The predicted molar refractivity (Wildman–Crippen MR) is 135 cm³/mol. The van der Waals surface area contributed by atoms with E-state index in [-0.39, 0.29) is 29.6 Å². The van der Waals surface area contributed by atoms with Crippen LogP contribution in [0.15, 0.2) is 24.3 Å². The minimum atomic E-state index is -0.416. The lowest BCUT2D eigenvalue weighted by molar-refractivity contribution is -0.126. The van der Waals surface area contributed by atoms with Crippen LogP contribution >= 0.6 is 12.4 Å². The molecule has 0 spiro atoms. The molecular weight excluding hydrogens is 438 g/mol. The molecule has 186 valence electrons. The number of nitrogens with zero attached hydrogens (tertiary/aromatic N) is 1. The molecule has 0 aromatic heterocycles. The van der Waals surface area contributed by atoms with Gasteiger partial charge in [-0.25, -0.2) is 0 Å². The second-order valence-electron chi connectivity index (χ2n) is 10.3. The fraction of sp³-hybridized carbons (Fsp3) is 0.692. The highest BCUT2D eigenvalue weighted by Crippen LogP contribution is 2.42. The molecule has 33 heavy (non-hydrogen) atoms. The summed E-state index contributed by atoms with van der Waals surface area (Å²) in [4.78, 5) is 27.2. The molecule has 1 saturated carbocycles. The molecule has 2 aliphatic rings. The third-order valence-electron chi connectivity index (χ3n) is 8.11. The summed E-state index contributed by atoms with van der Waals surface area (Å²) in [6.45, 7) is 8.71. The summed E-state index contributed by atoms with van der Waals surface area (Å²) < 4.78 is 0. The zero-order valence-corrected chi connectivity index (χ0v) is 21.5. The van der Waals surface area contributed by atoms with Crippen LogP contribution in [0.5, 0.6) is 5.75 Å². The lowest BCUT2D eigenvalue weighted by atomic mass is 9.67. The van der Waals surface area contributed by atoms with Gasteiger partial charge in [0.05, 0.1) is 0 Å². The van der Waals surface area contributed by atoms with Gasteiger partial charge < -0.3 is 20.6 Å². The first-order valence-corrected chi connectivity index (χ1v) is 12.3. The first-order chi connectivity index (χ1) is 15.2. The van der Waals surface area contributed by atoms with E-state index in [1.807, 2.05) is 19.1 Å². The van der Waals surface area contributed by atoms with Crippen LogP contribution in [0.2, 0.25) is 0 Å². The van der Waals surface area contributed by atoms with Crippen LogP contribution in [0, 0.1) is 5.92 Å². The second kappa shape index (κ2) is 11.6. The Labute approximate surface area is 205 Å². The van der Waals surface area contributed by atoms with E-state index in [1.165, 1.54) is 5.56 Å². The molecule has 3 N–H and O–H groups in total. The van der Waals surface area contributed by atoms with Crippen molar-refractivity contribution in [2.45, 2.75) is 89.1 Å². The van der Waals surface area contributed by atoms with Crippen LogP contribution in [-0.2, 0) is 15.0 Å². The molecule has 2 amide bonds. The van der Waals surface area contributed by atoms with Gasteiger partial charge in [-0.1, -0.05) is 32.9 Å². The normalized spacial score (nSPS) is 30.2. The molecule has 1 saturated heterocycles. The molecule has 1 aliphatic heterocycles. The average molecular weight is 480 g/mol. The summed E-state index contributed by atoms with van der Waals surface area (Å²) in [7, 11) is 1.66. The fourth-order valence-corrected chi connectivity index (χ4v) is 5.74. The van der Waals surface area contributed by atoms with Crippen molar-refractivity contribution in [3.05, 3.63) is 29.8 Å². The first kappa shape index (κ1) is 27.5. The van der Waals surface area contributed by atoms with Crippen molar-refractivity contribution in [3.63, 3.8) is 0 Å². The number of likely N-dealkylation sites (tertiary alicyclic amines) is 1. The van der Waals surface area contributed by atoms with Gasteiger partial charge in [-0.2, -0.15) is 0 Å². The number of phenolic OH excluding ortho intramolecular Hbond substituents is 1. The number of amides is 2. The minimum Gasteiger partial charge on any atom is -0.508 e. The maximum atomic E-state index is 12.4. The molecule has 0 radical (unpaired) electrons. The number of benzene rings is 1. The zero-order valence-electron chi connectivity index (χ0n) is 20.7. The summed E-state index contributed by atoms with van der Waals surface area (Å²) in [6.07, 6.45) is 6.43. The van der Waals surface area contributed by atoms with Crippen LogP contribution in [0.1, 0.15) is 77.7 Å². The summed E-state index contributed by atoms with van der Waals surface area (Å²) in [5, 5.41) is 15.9. The third-order valence-corrected chi connectivity index (χ3v) is 8.11. The lowest BCUT2D eigenvalue weighted by Gasteiger charge is -2.50. The van der Waals surface area contributed by atoms with E-state index in [0.717, 1.165) is 51.6 Å². The van der Waals surface area contributed by atoms with Crippen LogP contribution in [-0.4, -0.2) is 53.5 Å². The Morgan fingerprint density at radius 3 is 2.45 bits per heavy atom. The zero-order chi connectivity index (χ0) is 23.4. The van der Waals surface area contributed by atoms with Crippen molar-refractivity contribution in [2.75, 3.05) is 20.1 Å². The van der Waals surface area contributed by atoms with E-state index in [1.54, 1.807) is 13.1 Å². The number of halogens is 1. The molecule has 0 bridgehead atoms.